The maximum atomic E-state index is 12.1. The average Bonchev–Trinajstić information content (AvgIpc) is 3.45. The molecule has 1 aromatic carbocycles. The zero-order valence-corrected chi connectivity index (χ0v) is 20.1. The number of halogens is 1. The summed E-state index contributed by atoms with van der Waals surface area (Å²) >= 11 is 6.01. The SMILES string of the molecule is COC(=O)[C@@H]1CCCN1Cc1ccc2c(c1)CN(Cc1cccn1-c1ccc(Cl)cn1)CCO2. The van der Waals surface area contributed by atoms with Crippen LogP contribution >= 0.6 is 11.6 Å². The van der Waals surface area contributed by atoms with E-state index in [1.165, 1.54) is 18.2 Å². The minimum absolute atomic E-state index is 0.139. The first-order valence-electron chi connectivity index (χ1n) is 11.7. The molecular formula is C26H29ClN4O3. The smallest absolute Gasteiger partial charge is 0.323 e. The second-order valence-corrected chi connectivity index (χ2v) is 9.29. The highest BCUT2D eigenvalue weighted by Crippen LogP contribution is 2.28. The number of esters is 1. The zero-order chi connectivity index (χ0) is 23.5. The van der Waals surface area contributed by atoms with E-state index in [1.54, 1.807) is 6.20 Å². The molecule has 7 nitrogen and oxygen atoms in total. The van der Waals surface area contributed by atoms with Gasteiger partial charge < -0.3 is 14.0 Å². The fraction of sp³-hybridized carbons (Fsp3) is 0.385. The molecule has 0 radical (unpaired) electrons. The van der Waals surface area contributed by atoms with Crippen molar-refractivity contribution >= 4 is 17.6 Å². The minimum Gasteiger partial charge on any atom is -0.492 e. The molecule has 1 saturated heterocycles. The van der Waals surface area contributed by atoms with Gasteiger partial charge in [-0.3, -0.25) is 14.6 Å². The van der Waals surface area contributed by atoms with E-state index in [9.17, 15) is 4.79 Å². The first-order chi connectivity index (χ1) is 16.6. The molecule has 34 heavy (non-hydrogen) atoms. The lowest BCUT2D eigenvalue weighted by Gasteiger charge is -2.23. The summed E-state index contributed by atoms with van der Waals surface area (Å²) in [5.41, 5.74) is 3.52. The van der Waals surface area contributed by atoms with E-state index in [0.29, 0.717) is 11.6 Å². The Balaban J connectivity index is 1.31. The zero-order valence-electron chi connectivity index (χ0n) is 19.3. The number of fused-ring (bicyclic) bond motifs is 1. The summed E-state index contributed by atoms with van der Waals surface area (Å²) in [6.07, 6.45) is 5.57. The van der Waals surface area contributed by atoms with Crippen LogP contribution in [-0.4, -0.2) is 58.2 Å². The van der Waals surface area contributed by atoms with Crippen molar-refractivity contribution in [2.45, 2.75) is 38.5 Å². The monoisotopic (exact) mass is 480 g/mol. The number of hydrogen-bond acceptors (Lipinski definition) is 6. The summed E-state index contributed by atoms with van der Waals surface area (Å²) < 4.78 is 13.2. The summed E-state index contributed by atoms with van der Waals surface area (Å²) in [5.74, 6) is 1.65. The second-order valence-electron chi connectivity index (χ2n) is 8.86. The molecular weight excluding hydrogens is 452 g/mol. The van der Waals surface area contributed by atoms with Gasteiger partial charge in [-0.05, 0) is 61.3 Å². The Hall–Kier alpha value is -2.87. The number of rotatable bonds is 6. The van der Waals surface area contributed by atoms with Gasteiger partial charge in [-0.1, -0.05) is 17.7 Å². The fourth-order valence-electron chi connectivity index (χ4n) is 4.90. The van der Waals surface area contributed by atoms with E-state index >= 15 is 0 Å². The van der Waals surface area contributed by atoms with Crippen molar-refractivity contribution in [2.75, 3.05) is 26.8 Å². The summed E-state index contributed by atoms with van der Waals surface area (Å²) in [4.78, 5) is 21.2. The Kier molecular flexibility index (Phi) is 6.85. The third-order valence-corrected chi connectivity index (χ3v) is 6.81. The van der Waals surface area contributed by atoms with Crippen molar-refractivity contribution in [3.8, 4) is 11.6 Å². The lowest BCUT2D eigenvalue weighted by molar-refractivity contribution is -0.146. The minimum atomic E-state index is -0.147. The van der Waals surface area contributed by atoms with Crippen molar-refractivity contribution in [3.63, 3.8) is 0 Å². The molecule has 8 heteroatoms. The van der Waals surface area contributed by atoms with Crippen molar-refractivity contribution in [2.24, 2.45) is 0 Å². The van der Waals surface area contributed by atoms with Crippen LogP contribution in [0, 0.1) is 0 Å². The molecule has 5 rings (SSSR count). The highest BCUT2D eigenvalue weighted by Gasteiger charge is 2.31. The van der Waals surface area contributed by atoms with Gasteiger partial charge in [-0.2, -0.15) is 0 Å². The van der Waals surface area contributed by atoms with Gasteiger partial charge in [0.05, 0.1) is 12.1 Å². The van der Waals surface area contributed by atoms with Gasteiger partial charge >= 0.3 is 5.97 Å². The summed E-state index contributed by atoms with van der Waals surface area (Å²) in [6.45, 7) is 4.69. The molecule has 2 aliphatic heterocycles. The molecule has 178 valence electrons. The van der Waals surface area contributed by atoms with Crippen LogP contribution in [0.25, 0.3) is 5.82 Å². The second kappa shape index (κ2) is 10.2. The number of likely N-dealkylation sites (tertiary alicyclic amines) is 1. The Labute approximate surface area is 204 Å². The fourth-order valence-corrected chi connectivity index (χ4v) is 5.01. The van der Waals surface area contributed by atoms with E-state index in [1.807, 2.05) is 24.4 Å². The number of carbonyl (C=O) groups excluding carboxylic acids is 1. The van der Waals surface area contributed by atoms with E-state index in [2.05, 4.69) is 43.6 Å². The highest BCUT2D eigenvalue weighted by atomic mass is 35.5. The first-order valence-corrected chi connectivity index (χ1v) is 12.1. The van der Waals surface area contributed by atoms with Crippen LogP contribution in [0.3, 0.4) is 0 Å². The number of hydrogen-bond donors (Lipinski definition) is 0. The molecule has 0 aliphatic carbocycles. The topological polar surface area (TPSA) is 59.8 Å². The number of carbonyl (C=O) groups is 1. The van der Waals surface area contributed by atoms with Gasteiger partial charge in [0.2, 0.25) is 0 Å². The Morgan fingerprint density at radius 3 is 2.94 bits per heavy atom. The Morgan fingerprint density at radius 1 is 1.21 bits per heavy atom. The van der Waals surface area contributed by atoms with Crippen molar-refractivity contribution < 1.29 is 14.3 Å². The predicted octanol–water partition coefficient (Wildman–Crippen LogP) is 4.06. The number of ether oxygens (including phenoxy) is 2. The molecule has 2 aromatic heterocycles. The average molecular weight is 481 g/mol. The van der Waals surface area contributed by atoms with Crippen molar-refractivity contribution in [3.05, 3.63) is 76.7 Å². The molecule has 0 bridgehead atoms. The quantitative estimate of drug-likeness (QED) is 0.496. The number of nitrogens with zero attached hydrogens (tertiary/aromatic N) is 4. The molecule has 2 aliphatic rings. The lowest BCUT2D eigenvalue weighted by atomic mass is 10.1. The van der Waals surface area contributed by atoms with E-state index in [4.69, 9.17) is 21.1 Å². The third kappa shape index (κ3) is 4.97. The predicted molar refractivity (Wildman–Crippen MR) is 130 cm³/mol. The molecule has 0 N–H and O–H groups in total. The van der Waals surface area contributed by atoms with Crippen LogP contribution in [-0.2, 0) is 29.2 Å². The molecule has 4 heterocycles. The van der Waals surface area contributed by atoms with Crippen LogP contribution < -0.4 is 4.74 Å². The van der Waals surface area contributed by atoms with Crippen LogP contribution in [0.15, 0.2) is 54.9 Å². The Morgan fingerprint density at radius 2 is 2.12 bits per heavy atom. The van der Waals surface area contributed by atoms with Crippen LogP contribution in [0.4, 0.5) is 0 Å². The molecule has 1 atom stereocenters. The normalized spacial score (nSPS) is 18.8. The third-order valence-electron chi connectivity index (χ3n) is 6.58. The molecule has 1 fully saturated rings. The van der Waals surface area contributed by atoms with Gasteiger partial charge in [0.15, 0.2) is 0 Å². The van der Waals surface area contributed by atoms with Crippen LogP contribution in [0.5, 0.6) is 5.75 Å². The summed E-state index contributed by atoms with van der Waals surface area (Å²) in [7, 11) is 1.46. The van der Waals surface area contributed by atoms with Gasteiger partial charge in [0, 0.05) is 49.8 Å². The van der Waals surface area contributed by atoms with Gasteiger partial charge in [0.25, 0.3) is 0 Å². The first kappa shape index (κ1) is 22.9. The van der Waals surface area contributed by atoms with Crippen molar-refractivity contribution in [1.29, 1.82) is 0 Å². The maximum absolute atomic E-state index is 12.1. The van der Waals surface area contributed by atoms with Crippen molar-refractivity contribution in [1.82, 2.24) is 19.4 Å². The highest BCUT2D eigenvalue weighted by molar-refractivity contribution is 6.30. The molecule has 0 amide bonds. The number of pyridine rings is 1. The van der Waals surface area contributed by atoms with E-state index in [0.717, 1.165) is 62.8 Å². The largest absolute Gasteiger partial charge is 0.492 e. The van der Waals surface area contributed by atoms with E-state index in [-0.39, 0.29) is 12.0 Å². The van der Waals surface area contributed by atoms with E-state index < -0.39 is 0 Å². The summed E-state index contributed by atoms with van der Waals surface area (Å²) in [6, 6.07) is 14.2. The molecule has 0 spiro atoms. The van der Waals surface area contributed by atoms with Crippen LogP contribution in [0.2, 0.25) is 5.02 Å². The standard InChI is InChI=1S/C26H29ClN4O3/c1-33-26(32)23-5-3-10-30(23)16-19-6-8-24-20(14-19)17-29(12-13-34-24)18-22-4-2-11-31(22)25-9-7-21(27)15-28-25/h2,4,6-9,11,14-15,23H,3,5,10,12-13,16-18H2,1H3/t23-/m0/s1. The molecule has 3 aromatic rings. The van der Waals surface area contributed by atoms with Gasteiger partial charge in [0.1, 0.15) is 24.2 Å². The van der Waals surface area contributed by atoms with Gasteiger partial charge in [-0.25, -0.2) is 4.98 Å². The number of methoxy groups -OCH3 is 1. The molecule has 0 unspecified atom stereocenters. The maximum Gasteiger partial charge on any atom is 0.323 e. The van der Waals surface area contributed by atoms with Crippen LogP contribution in [0.1, 0.15) is 29.7 Å². The molecule has 0 saturated carbocycles. The summed E-state index contributed by atoms with van der Waals surface area (Å²) in [5, 5.41) is 0.626. The lowest BCUT2D eigenvalue weighted by Crippen LogP contribution is -2.36. The number of aromatic nitrogens is 2. The Bertz CT molecular complexity index is 1150. The van der Waals surface area contributed by atoms with Gasteiger partial charge in [-0.15, -0.1) is 0 Å². The number of benzene rings is 1.